The molecule has 2 rings (SSSR count). The van der Waals surface area contributed by atoms with E-state index in [2.05, 4.69) is 22.7 Å². The van der Waals surface area contributed by atoms with Crippen molar-refractivity contribution in [2.24, 2.45) is 7.05 Å². The molecule has 0 saturated heterocycles. The first-order chi connectivity index (χ1) is 11.9. The lowest BCUT2D eigenvalue weighted by Crippen LogP contribution is -2.41. The van der Waals surface area contributed by atoms with Gasteiger partial charge in [0.25, 0.3) is 0 Å². The van der Waals surface area contributed by atoms with E-state index in [-0.39, 0.29) is 12.1 Å². The summed E-state index contributed by atoms with van der Waals surface area (Å²) in [5.41, 5.74) is 3.46. The van der Waals surface area contributed by atoms with Gasteiger partial charge in [-0.25, -0.2) is 4.79 Å². The molecule has 2 aromatic rings. The highest BCUT2D eigenvalue weighted by Gasteiger charge is 2.16. The maximum atomic E-state index is 11.9. The van der Waals surface area contributed by atoms with Gasteiger partial charge in [0.1, 0.15) is 11.9 Å². The highest BCUT2D eigenvalue weighted by atomic mass is 16.4. The number of nitrogens with zero attached hydrogens (tertiary/aromatic N) is 2. The van der Waals surface area contributed by atoms with Crippen LogP contribution in [0.4, 0.5) is 4.79 Å². The molecule has 0 bridgehead atoms. The standard InChI is InChI=1S/C18H28N4O3/c1-12(11-16(23)17-8-6-10-25-17)20-18(24)19-9-5-7-15-13(2)21-22(4)14(15)3/h6,8,10,12,16,23H,5,7,9,11H2,1-4H3,(H2,19,20,24). The smallest absolute Gasteiger partial charge is 0.314 e. The number of furan rings is 1. The monoisotopic (exact) mass is 348 g/mol. The summed E-state index contributed by atoms with van der Waals surface area (Å²) in [6.45, 7) is 6.51. The molecule has 25 heavy (non-hydrogen) atoms. The van der Waals surface area contributed by atoms with Crippen molar-refractivity contribution in [2.45, 2.75) is 52.2 Å². The first kappa shape index (κ1) is 19.1. The number of aryl methyl sites for hydroxylation is 2. The van der Waals surface area contributed by atoms with Crippen LogP contribution in [0.5, 0.6) is 0 Å². The van der Waals surface area contributed by atoms with E-state index in [0.717, 1.165) is 18.5 Å². The number of carbonyl (C=O) groups is 1. The highest BCUT2D eigenvalue weighted by Crippen LogP contribution is 2.18. The average Bonchev–Trinajstić information content (AvgIpc) is 3.15. The van der Waals surface area contributed by atoms with Crippen molar-refractivity contribution in [3.05, 3.63) is 41.1 Å². The summed E-state index contributed by atoms with van der Waals surface area (Å²) in [7, 11) is 1.94. The van der Waals surface area contributed by atoms with Crippen LogP contribution in [0, 0.1) is 13.8 Å². The SMILES string of the molecule is Cc1nn(C)c(C)c1CCCNC(=O)NC(C)CC(O)c1ccco1. The third-order valence-corrected chi connectivity index (χ3v) is 4.37. The summed E-state index contributed by atoms with van der Waals surface area (Å²) in [6.07, 6.45) is 2.94. The van der Waals surface area contributed by atoms with Gasteiger partial charge in [0.2, 0.25) is 0 Å². The van der Waals surface area contributed by atoms with Gasteiger partial charge in [-0.05, 0) is 51.3 Å². The molecule has 0 aliphatic carbocycles. The number of amides is 2. The number of hydrogen-bond donors (Lipinski definition) is 3. The van der Waals surface area contributed by atoms with Crippen LogP contribution in [0.3, 0.4) is 0 Å². The van der Waals surface area contributed by atoms with Gasteiger partial charge in [-0.15, -0.1) is 0 Å². The largest absolute Gasteiger partial charge is 0.467 e. The quantitative estimate of drug-likeness (QED) is 0.639. The molecule has 2 heterocycles. The summed E-state index contributed by atoms with van der Waals surface area (Å²) in [5.74, 6) is 0.510. The van der Waals surface area contributed by atoms with E-state index in [1.54, 1.807) is 12.1 Å². The van der Waals surface area contributed by atoms with E-state index >= 15 is 0 Å². The number of aliphatic hydroxyl groups is 1. The number of aromatic nitrogens is 2. The summed E-state index contributed by atoms with van der Waals surface area (Å²) in [4.78, 5) is 11.9. The van der Waals surface area contributed by atoms with Crippen molar-refractivity contribution < 1.29 is 14.3 Å². The van der Waals surface area contributed by atoms with Crippen LogP contribution >= 0.6 is 0 Å². The number of rotatable bonds is 8. The molecule has 0 aliphatic heterocycles. The molecular formula is C18H28N4O3. The number of aliphatic hydroxyl groups excluding tert-OH is 1. The second kappa shape index (κ2) is 8.71. The summed E-state index contributed by atoms with van der Waals surface area (Å²) < 4.78 is 7.04. The number of hydrogen-bond acceptors (Lipinski definition) is 4. The fourth-order valence-electron chi connectivity index (χ4n) is 2.91. The maximum Gasteiger partial charge on any atom is 0.314 e. The number of nitrogens with one attached hydrogen (secondary N) is 2. The Morgan fingerprint density at radius 2 is 2.20 bits per heavy atom. The van der Waals surface area contributed by atoms with E-state index in [4.69, 9.17) is 4.42 Å². The summed E-state index contributed by atoms with van der Waals surface area (Å²) in [6, 6.07) is 3.07. The lowest BCUT2D eigenvalue weighted by molar-refractivity contribution is 0.129. The predicted molar refractivity (Wildman–Crippen MR) is 95.3 cm³/mol. The Morgan fingerprint density at radius 1 is 1.44 bits per heavy atom. The van der Waals surface area contributed by atoms with E-state index in [1.165, 1.54) is 17.5 Å². The van der Waals surface area contributed by atoms with Gasteiger partial charge in [0, 0.05) is 31.7 Å². The van der Waals surface area contributed by atoms with Crippen molar-refractivity contribution in [1.82, 2.24) is 20.4 Å². The van der Waals surface area contributed by atoms with Crippen LogP contribution in [-0.2, 0) is 13.5 Å². The average molecular weight is 348 g/mol. The second-order valence-corrected chi connectivity index (χ2v) is 6.44. The van der Waals surface area contributed by atoms with Crippen LogP contribution < -0.4 is 10.6 Å². The Labute approximate surface area is 148 Å². The van der Waals surface area contributed by atoms with Crippen molar-refractivity contribution >= 4 is 6.03 Å². The lowest BCUT2D eigenvalue weighted by atomic mass is 10.1. The first-order valence-electron chi connectivity index (χ1n) is 8.63. The van der Waals surface area contributed by atoms with Crippen molar-refractivity contribution in [3.8, 4) is 0 Å². The van der Waals surface area contributed by atoms with Crippen molar-refractivity contribution in [3.63, 3.8) is 0 Å². The Balaban J connectivity index is 1.66. The molecular weight excluding hydrogens is 320 g/mol. The highest BCUT2D eigenvalue weighted by molar-refractivity contribution is 5.74. The predicted octanol–water partition coefficient (Wildman–Crippen LogP) is 2.37. The van der Waals surface area contributed by atoms with Crippen LogP contribution in [0.25, 0.3) is 0 Å². The Bertz CT molecular complexity index is 679. The third kappa shape index (κ3) is 5.35. The minimum Gasteiger partial charge on any atom is -0.467 e. The normalized spacial score (nSPS) is 13.5. The van der Waals surface area contributed by atoms with E-state index < -0.39 is 6.10 Å². The van der Waals surface area contributed by atoms with E-state index in [9.17, 15) is 9.90 Å². The zero-order chi connectivity index (χ0) is 18.4. The fourth-order valence-corrected chi connectivity index (χ4v) is 2.91. The van der Waals surface area contributed by atoms with Gasteiger partial charge in [-0.1, -0.05) is 0 Å². The molecule has 2 aromatic heterocycles. The third-order valence-electron chi connectivity index (χ3n) is 4.37. The molecule has 3 N–H and O–H groups in total. The first-order valence-corrected chi connectivity index (χ1v) is 8.63. The number of carbonyl (C=O) groups excluding carboxylic acids is 1. The molecule has 2 unspecified atom stereocenters. The molecule has 2 atom stereocenters. The molecule has 7 heteroatoms. The molecule has 0 radical (unpaired) electrons. The van der Waals surface area contributed by atoms with Crippen molar-refractivity contribution in [2.75, 3.05) is 6.54 Å². The summed E-state index contributed by atoms with van der Waals surface area (Å²) >= 11 is 0. The van der Waals surface area contributed by atoms with Crippen molar-refractivity contribution in [1.29, 1.82) is 0 Å². The van der Waals surface area contributed by atoms with Crippen LogP contribution in [0.15, 0.2) is 22.8 Å². The Kier molecular flexibility index (Phi) is 6.64. The molecule has 0 aliphatic rings. The van der Waals surface area contributed by atoms with Gasteiger partial charge in [0.05, 0.1) is 12.0 Å². The van der Waals surface area contributed by atoms with Crippen LogP contribution in [-0.4, -0.2) is 33.5 Å². The molecule has 138 valence electrons. The molecule has 0 spiro atoms. The van der Waals surface area contributed by atoms with E-state index in [0.29, 0.717) is 18.7 Å². The minimum absolute atomic E-state index is 0.164. The fraction of sp³-hybridized carbons (Fsp3) is 0.556. The Morgan fingerprint density at radius 3 is 2.80 bits per heavy atom. The molecule has 0 fully saturated rings. The van der Waals surface area contributed by atoms with Gasteiger partial charge in [-0.3, -0.25) is 4.68 Å². The zero-order valence-corrected chi connectivity index (χ0v) is 15.4. The van der Waals surface area contributed by atoms with Gasteiger partial charge in [0.15, 0.2) is 0 Å². The zero-order valence-electron chi connectivity index (χ0n) is 15.4. The van der Waals surface area contributed by atoms with Gasteiger partial charge < -0.3 is 20.2 Å². The molecule has 2 amide bonds. The maximum absolute atomic E-state index is 11.9. The van der Waals surface area contributed by atoms with E-state index in [1.807, 2.05) is 25.6 Å². The van der Waals surface area contributed by atoms with Gasteiger partial charge >= 0.3 is 6.03 Å². The Hall–Kier alpha value is -2.28. The minimum atomic E-state index is -0.721. The van der Waals surface area contributed by atoms with Gasteiger partial charge in [-0.2, -0.15) is 5.10 Å². The number of urea groups is 1. The topological polar surface area (TPSA) is 92.3 Å². The second-order valence-electron chi connectivity index (χ2n) is 6.44. The van der Waals surface area contributed by atoms with Crippen LogP contribution in [0.1, 0.15) is 48.6 Å². The molecule has 0 saturated carbocycles. The molecule has 0 aromatic carbocycles. The lowest BCUT2D eigenvalue weighted by Gasteiger charge is -2.17. The van der Waals surface area contributed by atoms with Crippen LogP contribution in [0.2, 0.25) is 0 Å². The summed E-state index contributed by atoms with van der Waals surface area (Å²) in [5, 5.41) is 20.1. The molecule has 7 nitrogen and oxygen atoms in total.